The van der Waals surface area contributed by atoms with Gasteiger partial charge in [0, 0.05) is 26.7 Å². The molecule has 0 spiro atoms. The Bertz CT molecular complexity index is 503. The van der Waals surface area contributed by atoms with Crippen LogP contribution in [0.2, 0.25) is 0 Å². The van der Waals surface area contributed by atoms with Gasteiger partial charge in [0.05, 0.1) is 6.04 Å². The minimum atomic E-state index is -0.526. The van der Waals surface area contributed by atoms with Crippen molar-refractivity contribution in [3.05, 3.63) is 23.9 Å². The van der Waals surface area contributed by atoms with Gasteiger partial charge in [-0.2, -0.15) is 0 Å². The van der Waals surface area contributed by atoms with E-state index in [4.69, 9.17) is 5.73 Å². The number of aryl methyl sites for hydroxylation is 1. The number of carbonyl (C=O) groups excluding carboxylic acids is 2. The Morgan fingerprint density at radius 3 is 2.95 bits per heavy atom. The Morgan fingerprint density at radius 2 is 2.32 bits per heavy atom. The third-order valence-electron chi connectivity index (χ3n) is 3.47. The van der Waals surface area contributed by atoms with Crippen molar-refractivity contribution in [1.82, 2.24) is 9.88 Å². The van der Waals surface area contributed by atoms with Gasteiger partial charge in [-0.05, 0) is 24.5 Å². The van der Waals surface area contributed by atoms with E-state index in [1.165, 1.54) is 11.8 Å². The van der Waals surface area contributed by atoms with Gasteiger partial charge in [-0.1, -0.05) is 6.07 Å². The first-order valence-corrected chi connectivity index (χ1v) is 6.25. The zero-order valence-electron chi connectivity index (χ0n) is 11.2. The van der Waals surface area contributed by atoms with E-state index in [1.54, 1.807) is 18.1 Å². The van der Waals surface area contributed by atoms with Crippen LogP contribution in [0.15, 0.2) is 18.3 Å². The summed E-state index contributed by atoms with van der Waals surface area (Å²) in [4.78, 5) is 30.3. The first-order chi connectivity index (χ1) is 9.00. The van der Waals surface area contributed by atoms with Crippen LogP contribution < -0.4 is 10.6 Å². The number of carbonyl (C=O) groups is 2. The molecular formula is C13H18N4O2. The standard InChI is InChI=1S/C13H18N4O2/c1-9(18)16(2)8-11-6-5-10-4-3-7-15-12(10)17(11)13(14)19/h3-4,7,11H,5-6,8H2,1-2H3,(H2,14,19). The lowest BCUT2D eigenvalue weighted by Gasteiger charge is -2.36. The lowest BCUT2D eigenvalue weighted by atomic mass is 9.98. The van der Waals surface area contributed by atoms with Gasteiger partial charge >= 0.3 is 6.03 Å². The molecule has 1 aromatic heterocycles. The number of amides is 3. The van der Waals surface area contributed by atoms with Gasteiger partial charge in [-0.25, -0.2) is 9.78 Å². The molecule has 0 saturated heterocycles. The maximum atomic E-state index is 11.7. The number of hydrogen-bond donors (Lipinski definition) is 1. The molecule has 0 aliphatic carbocycles. The number of rotatable bonds is 2. The molecule has 3 amide bonds. The molecule has 6 heteroatoms. The number of nitrogens with two attached hydrogens (primary N) is 1. The molecule has 2 heterocycles. The largest absolute Gasteiger partial charge is 0.351 e. The molecule has 0 fully saturated rings. The number of fused-ring (bicyclic) bond motifs is 1. The number of urea groups is 1. The number of anilines is 1. The highest BCUT2D eigenvalue weighted by atomic mass is 16.2. The molecule has 0 saturated carbocycles. The summed E-state index contributed by atoms with van der Waals surface area (Å²) in [5.41, 5.74) is 6.48. The van der Waals surface area contributed by atoms with Gasteiger partial charge in [0.1, 0.15) is 5.82 Å². The Balaban J connectivity index is 2.27. The normalized spacial score (nSPS) is 17.8. The number of aromatic nitrogens is 1. The minimum Gasteiger partial charge on any atom is -0.351 e. The van der Waals surface area contributed by atoms with E-state index in [-0.39, 0.29) is 11.9 Å². The van der Waals surface area contributed by atoms with E-state index in [1.807, 2.05) is 12.1 Å². The fourth-order valence-corrected chi connectivity index (χ4v) is 2.37. The number of nitrogens with zero attached hydrogens (tertiary/aromatic N) is 3. The van der Waals surface area contributed by atoms with Crippen LogP contribution in [0.25, 0.3) is 0 Å². The lowest BCUT2D eigenvalue weighted by molar-refractivity contribution is -0.127. The molecular weight excluding hydrogens is 244 g/mol. The number of primary amides is 1. The third kappa shape index (κ3) is 2.67. The van der Waals surface area contributed by atoms with Crippen molar-refractivity contribution >= 4 is 17.8 Å². The summed E-state index contributed by atoms with van der Waals surface area (Å²) in [7, 11) is 1.72. The van der Waals surface area contributed by atoms with Crippen LogP contribution in [-0.4, -0.2) is 41.5 Å². The van der Waals surface area contributed by atoms with Crippen molar-refractivity contribution in [3.8, 4) is 0 Å². The van der Waals surface area contributed by atoms with E-state index in [9.17, 15) is 9.59 Å². The second-order valence-corrected chi connectivity index (χ2v) is 4.79. The second-order valence-electron chi connectivity index (χ2n) is 4.79. The van der Waals surface area contributed by atoms with Crippen LogP contribution in [0, 0.1) is 0 Å². The molecule has 102 valence electrons. The van der Waals surface area contributed by atoms with Crippen molar-refractivity contribution < 1.29 is 9.59 Å². The maximum absolute atomic E-state index is 11.7. The Morgan fingerprint density at radius 1 is 1.58 bits per heavy atom. The van der Waals surface area contributed by atoms with E-state index in [0.717, 1.165) is 18.4 Å². The summed E-state index contributed by atoms with van der Waals surface area (Å²) in [5.74, 6) is 0.583. The maximum Gasteiger partial charge on any atom is 0.320 e. The monoisotopic (exact) mass is 262 g/mol. The second kappa shape index (κ2) is 5.26. The van der Waals surface area contributed by atoms with Gasteiger partial charge in [0.25, 0.3) is 0 Å². The van der Waals surface area contributed by atoms with Crippen LogP contribution >= 0.6 is 0 Å². The van der Waals surface area contributed by atoms with Crippen LogP contribution in [0.4, 0.5) is 10.6 Å². The quantitative estimate of drug-likeness (QED) is 0.854. The summed E-state index contributed by atoms with van der Waals surface area (Å²) in [6.45, 7) is 1.97. The summed E-state index contributed by atoms with van der Waals surface area (Å²) in [5, 5.41) is 0. The van der Waals surface area contributed by atoms with Gasteiger partial charge in [0.2, 0.25) is 5.91 Å². The first-order valence-electron chi connectivity index (χ1n) is 6.25. The fraction of sp³-hybridized carbons (Fsp3) is 0.462. The van der Waals surface area contributed by atoms with Crippen LogP contribution in [0.1, 0.15) is 18.9 Å². The average molecular weight is 262 g/mol. The molecule has 6 nitrogen and oxygen atoms in total. The average Bonchev–Trinajstić information content (AvgIpc) is 2.37. The van der Waals surface area contributed by atoms with Gasteiger partial charge in [-0.3, -0.25) is 9.69 Å². The molecule has 1 aliphatic rings. The predicted octanol–water partition coefficient (Wildman–Crippen LogP) is 0.760. The Labute approximate surface area is 112 Å². The number of likely N-dealkylation sites (N-methyl/N-ethyl adjacent to an activating group) is 1. The van der Waals surface area contributed by atoms with Gasteiger partial charge in [0.15, 0.2) is 0 Å². The summed E-state index contributed by atoms with van der Waals surface area (Å²) in [6, 6.07) is 3.15. The Kier molecular flexibility index (Phi) is 3.69. The van der Waals surface area contributed by atoms with Crippen molar-refractivity contribution in [1.29, 1.82) is 0 Å². The molecule has 1 aromatic rings. The fourth-order valence-electron chi connectivity index (χ4n) is 2.37. The first kappa shape index (κ1) is 13.3. The van der Waals surface area contributed by atoms with Crippen LogP contribution in [-0.2, 0) is 11.2 Å². The molecule has 0 aromatic carbocycles. The van der Waals surface area contributed by atoms with E-state index in [2.05, 4.69) is 4.98 Å². The summed E-state index contributed by atoms with van der Waals surface area (Å²) >= 11 is 0. The smallest absolute Gasteiger partial charge is 0.320 e. The molecule has 1 atom stereocenters. The highest BCUT2D eigenvalue weighted by Crippen LogP contribution is 2.28. The van der Waals surface area contributed by atoms with E-state index in [0.29, 0.717) is 12.4 Å². The predicted molar refractivity (Wildman–Crippen MR) is 71.7 cm³/mol. The van der Waals surface area contributed by atoms with Crippen molar-refractivity contribution in [2.75, 3.05) is 18.5 Å². The van der Waals surface area contributed by atoms with E-state index >= 15 is 0 Å². The molecule has 0 radical (unpaired) electrons. The summed E-state index contributed by atoms with van der Waals surface area (Å²) in [6.07, 6.45) is 3.26. The summed E-state index contributed by atoms with van der Waals surface area (Å²) < 4.78 is 0. The van der Waals surface area contributed by atoms with Crippen LogP contribution in [0.3, 0.4) is 0 Å². The molecule has 2 rings (SSSR count). The van der Waals surface area contributed by atoms with Crippen molar-refractivity contribution in [3.63, 3.8) is 0 Å². The zero-order chi connectivity index (χ0) is 14.0. The third-order valence-corrected chi connectivity index (χ3v) is 3.47. The highest BCUT2D eigenvalue weighted by Gasteiger charge is 2.31. The Hall–Kier alpha value is -2.11. The molecule has 19 heavy (non-hydrogen) atoms. The number of hydrogen-bond acceptors (Lipinski definition) is 3. The minimum absolute atomic E-state index is 0.0313. The van der Waals surface area contributed by atoms with Crippen molar-refractivity contribution in [2.45, 2.75) is 25.8 Å². The molecule has 0 bridgehead atoms. The van der Waals surface area contributed by atoms with Crippen molar-refractivity contribution in [2.24, 2.45) is 5.73 Å². The molecule has 2 N–H and O–H groups in total. The van der Waals surface area contributed by atoms with E-state index < -0.39 is 6.03 Å². The number of pyridine rings is 1. The lowest BCUT2D eigenvalue weighted by Crippen LogP contribution is -2.52. The molecule has 1 aliphatic heterocycles. The zero-order valence-corrected chi connectivity index (χ0v) is 11.2. The highest BCUT2D eigenvalue weighted by molar-refractivity contribution is 5.91. The molecule has 1 unspecified atom stereocenters. The topological polar surface area (TPSA) is 79.5 Å². The SMILES string of the molecule is CC(=O)N(C)CC1CCc2cccnc2N1C(N)=O. The van der Waals surface area contributed by atoms with Crippen LogP contribution in [0.5, 0.6) is 0 Å². The van der Waals surface area contributed by atoms with Gasteiger partial charge < -0.3 is 10.6 Å². The van der Waals surface area contributed by atoms with Gasteiger partial charge in [-0.15, -0.1) is 0 Å².